The van der Waals surface area contributed by atoms with Crippen LogP contribution in [0.1, 0.15) is 40.7 Å². The van der Waals surface area contributed by atoms with Crippen LogP contribution in [0.3, 0.4) is 0 Å². The van der Waals surface area contributed by atoms with Crippen LogP contribution < -0.4 is 10.3 Å². The molecule has 4 rings (SSSR count). The number of aromatic nitrogens is 4. The number of hydrogen-bond donors (Lipinski definition) is 0. The van der Waals surface area contributed by atoms with Crippen LogP contribution >= 0.6 is 11.3 Å². The first-order valence-corrected chi connectivity index (χ1v) is 11.1. The van der Waals surface area contributed by atoms with E-state index in [2.05, 4.69) is 29.0 Å². The molecule has 2 aromatic carbocycles. The maximum absolute atomic E-state index is 12.1. The summed E-state index contributed by atoms with van der Waals surface area (Å²) in [5.74, 6) is 0.873. The maximum Gasteiger partial charge on any atom is 0.337 e. The Balaban J connectivity index is 1.63. The zero-order chi connectivity index (χ0) is 23.4. The van der Waals surface area contributed by atoms with Crippen LogP contribution in [0, 0.1) is 0 Å². The van der Waals surface area contributed by atoms with Crippen molar-refractivity contribution in [3.8, 4) is 22.1 Å². The van der Waals surface area contributed by atoms with Gasteiger partial charge in [-0.05, 0) is 36.4 Å². The third kappa shape index (κ3) is 5.15. The molecule has 0 amide bonds. The molecular weight excluding hydrogens is 440 g/mol. The molecule has 0 aliphatic rings. The molecule has 0 atom stereocenters. The maximum atomic E-state index is 12.1. The number of rotatable bonds is 7. The first-order chi connectivity index (χ1) is 15.9. The Morgan fingerprint density at radius 2 is 1.88 bits per heavy atom. The molecule has 0 saturated carbocycles. The Hall–Kier alpha value is -3.85. The Kier molecular flexibility index (Phi) is 6.60. The topological polar surface area (TPSA) is 96.2 Å². The van der Waals surface area contributed by atoms with Crippen molar-refractivity contribution in [2.75, 3.05) is 7.11 Å². The van der Waals surface area contributed by atoms with Gasteiger partial charge in [0.1, 0.15) is 21.5 Å². The summed E-state index contributed by atoms with van der Waals surface area (Å²) in [6.45, 7) is 4.41. The summed E-state index contributed by atoms with van der Waals surface area (Å²) < 4.78 is 12.4. The van der Waals surface area contributed by atoms with Crippen molar-refractivity contribution in [2.24, 2.45) is 0 Å². The summed E-state index contributed by atoms with van der Waals surface area (Å²) in [7, 11) is 1.32. The van der Waals surface area contributed by atoms with Crippen LogP contribution in [0.25, 0.3) is 10.6 Å². The van der Waals surface area contributed by atoms with E-state index in [1.165, 1.54) is 30.3 Å². The molecule has 0 radical (unpaired) electrons. The second-order valence-electron chi connectivity index (χ2n) is 7.59. The standard InChI is InChI=1S/C24H22N4O4S/c1-15(2)22-26-27-23(33-22)16-6-8-19(9-7-16)32-20-12-17(24(30)31-3)4-5-18(20)13-28-14-25-11-10-21(28)29/h4-12,14-15H,13H2,1-3H3. The van der Waals surface area contributed by atoms with Gasteiger partial charge in [0.15, 0.2) is 0 Å². The summed E-state index contributed by atoms with van der Waals surface area (Å²) in [4.78, 5) is 28.2. The van der Waals surface area contributed by atoms with Gasteiger partial charge in [0, 0.05) is 29.3 Å². The van der Waals surface area contributed by atoms with E-state index in [0.29, 0.717) is 28.5 Å². The van der Waals surface area contributed by atoms with Gasteiger partial charge in [-0.1, -0.05) is 31.3 Å². The summed E-state index contributed by atoms with van der Waals surface area (Å²) in [6, 6.07) is 13.9. The summed E-state index contributed by atoms with van der Waals surface area (Å²) in [5, 5.41) is 10.3. The van der Waals surface area contributed by atoms with Gasteiger partial charge >= 0.3 is 5.97 Å². The van der Waals surface area contributed by atoms with E-state index in [0.717, 1.165) is 15.6 Å². The minimum absolute atomic E-state index is 0.185. The monoisotopic (exact) mass is 462 g/mol. The molecule has 0 N–H and O–H groups in total. The predicted molar refractivity (Wildman–Crippen MR) is 125 cm³/mol. The van der Waals surface area contributed by atoms with Crippen molar-refractivity contribution >= 4 is 17.3 Å². The van der Waals surface area contributed by atoms with E-state index >= 15 is 0 Å². The van der Waals surface area contributed by atoms with E-state index < -0.39 is 5.97 Å². The molecule has 2 aromatic heterocycles. The van der Waals surface area contributed by atoms with Gasteiger partial charge in [-0.3, -0.25) is 9.36 Å². The zero-order valence-corrected chi connectivity index (χ0v) is 19.2. The number of carbonyl (C=O) groups is 1. The number of methoxy groups -OCH3 is 1. The molecular formula is C24H22N4O4S. The molecule has 0 aliphatic heterocycles. The molecule has 0 spiro atoms. The number of benzene rings is 2. The van der Waals surface area contributed by atoms with Crippen LogP contribution in [-0.2, 0) is 11.3 Å². The second kappa shape index (κ2) is 9.74. The average molecular weight is 463 g/mol. The van der Waals surface area contributed by atoms with Crippen LogP contribution in [0.4, 0.5) is 0 Å². The van der Waals surface area contributed by atoms with E-state index in [4.69, 9.17) is 9.47 Å². The average Bonchev–Trinajstić information content (AvgIpc) is 3.32. The van der Waals surface area contributed by atoms with Crippen molar-refractivity contribution in [3.63, 3.8) is 0 Å². The van der Waals surface area contributed by atoms with Crippen molar-refractivity contribution < 1.29 is 14.3 Å². The summed E-state index contributed by atoms with van der Waals surface area (Å²) >= 11 is 1.56. The lowest BCUT2D eigenvalue weighted by atomic mass is 10.1. The highest BCUT2D eigenvalue weighted by atomic mass is 32.1. The number of ether oxygens (including phenoxy) is 2. The fourth-order valence-corrected chi connectivity index (χ4v) is 3.93. The first kappa shape index (κ1) is 22.3. The number of carbonyl (C=O) groups excluding carboxylic acids is 1. The fraction of sp³-hybridized carbons (Fsp3) is 0.208. The Bertz CT molecular complexity index is 1330. The molecule has 8 nitrogen and oxygen atoms in total. The lowest BCUT2D eigenvalue weighted by Crippen LogP contribution is -2.19. The lowest BCUT2D eigenvalue weighted by molar-refractivity contribution is 0.0600. The van der Waals surface area contributed by atoms with Gasteiger partial charge in [-0.2, -0.15) is 0 Å². The van der Waals surface area contributed by atoms with E-state index in [9.17, 15) is 9.59 Å². The molecule has 4 aromatic rings. The van der Waals surface area contributed by atoms with Crippen LogP contribution in [0.2, 0.25) is 0 Å². The number of hydrogen-bond acceptors (Lipinski definition) is 8. The van der Waals surface area contributed by atoms with E-state index in [1.807, 2.05) is 24.3 Å². The predicted octanol–water partition coefficient (Wildman–Crippen LogP) is 4.51. The molecule has 2 heterocycles. The molecule has 0 unspecified atom stereocenters. The van der Waals surface area contributed by atoms with Gasteiger partial charge in [-0.25, -0.2) is 9.78 Å². The minimum atomic E-state index is -0.475. The van der Waals surface area contributed by atoms with Gasteiger partial charge in [0.25, 0.3) is 5.56 Å². The molecule has 0 fully saturated rings. The third-order valence-electron chi connectivity index (χ3n) is 4.88. The third-order valence-corrected chi connectivity index (χ3v) is 6.16. The van der Waals surface area contributed by atoms with Gasteiger partial charge < -0.3 is 9.47 Å². The first-order valence-electron chi connectivity index (χ1n) is 10.3. The molecule has 168 valence electrons. The zero-order valence-electron chi connectivity index (χ0n) is 18.4. The van der Waals surface area contributed by atoms with Crippen molar-refractivity contribution in [3.05, 3.63) is 87.5 Å². The fourth-order valence-electron chi connectivity index (χ4n) is 3.08. The van der Waals surface area contributed by atoms with Crippen LogP contribution in [-0.4, -0.2) is 32.8 Å². The van der Waals surface area contributed by atoms with Gasteiger partial charge in [-0.15, -0.1) is 10.2 Å². The second-order valence-corrected chi connectivity index (χ2v) is 8.60. The van der Waals surface area contributed by atoms with Crippen LogP contribution in [0.5, 0.6) is 11.5 Å². The molecule has 33 heavy (non-hydrogen) atoms. The highest BCUT2D eigenvalue weighted by Crippen LogP contribution is 2.31. The largest absolute Gasteiger partial charge is 0.465 e. The van der Waals surface area contributed by atoms with Crippen molar-refractivity contribution in [2.45, 2.75) is 26.3 Å². The quantitative estimate of drug-likeness (QED) is 0.373. The van der Waals surface area contributed by atoms with Crippen molar-refractivity contribution in [1.82, 2.24) is 19.7 Å². The highest BCUT2D eigenvalue weighted by molar-refractivity contribution is 7.14. The van der Waals surface area contributed by atoms with Gasteiger partial charge in [0.2, 0.25) is 0 Å². The molecule has 0 aliphatic carbocycles. The van der Waals surface area contributed by atoms with Crippen molar-refractivity contribution in [1.29, 1.82) is 0 Å². The Morgan fingerprint density at radius 3 is 2.55 bits per heavy atom. The number of esters is 1. The molecule has 9 heteroatoms. The minimum Gasteiger partial charge on any atom is -0.465 e. The normalized spacial score (nSPS) is 10.9. The summed E-state index contributed by atoms with van der Waals surface area (Å²) in [6.07, 6.45) is 2.91. The Labute approximate surface area is 194 Å². The number of nitrogens with zero attached hydrogens (tertiary/aromatic N) is 4. The lowest BCUT2D eigenvalue weighted by Gasteiger charge is -2.14. The summed E-state index contributed by atoms with van der Waals surface area (Å²) in [5.41, 5.74) is 1.82. The van der Waals surface area contributed by atoms with Gasteiger partial charge in [0.05, 0.1) is 25.5 Å². The smallest absolute Gasteiger partial charge is 0.337 e. The van der Waals surface area contributed by atoms with E-state index in [1.54, 1.807) is 29.5 Å². The van der Waals surface area contributed by atoms with E-state index in [-0.39, 0.29) is 12.1 Å². The molecule has 0 saturated heterocycles. The molecule has 0 bridgehead atoms. The Morgan fingerprint density at radius 1 is 1.09 bits per heavy atom. The highest BCUT2D eigenvalue weighted by Gasteiger charge is 2.14. The van der Waals surface area contributed by atoms with Crippen LogP contribution in [0.15, 0.2) is 65.8 Å². The SMILES string of the molecule is COC(=O)c1ccc(Cn2cnccc2=O)c(Oc2ccc(-c3nnc(C(C)C)s3)cc2)c1.